The number of unbranched alkanes of at least 4 members (excludes halogenated alkanes) is 1. The molecule has 0 aliphatic heterocycles. The maximum absolute atomic E-state index is 13.1. The van der Waals surface area contributed by atoms with Gasteiger partial charge in [-0.1, -0.05) is 27.2 Å². The molecule has 0 radical (unpaired) electrons. The Morgan fingerprint density at radius 3 is 2.63 bits per heavy atom. The summed E-state index contributed by atoms with van der Waals surface area (Å²) < 4.78 is 12.4. The molecular weight excluding hydrogens is 346 g/mol. The van der Waals surface area contributed by atoms with Gasteiger partial charge < -0.3 is 19.8 Å². The molecule has 3 N–H and O–H groups in total. The number of nitrogens with one attached hydrogen (secondary N) is 1. The van der Waals surface area contributed by atoms with Gasteiger partial charge in [-0.05, 0) is 30.5 Å². The third-order valence-electron chi connectivity index (χ3n) is 4.24. The second-order valence-corrected chi connectivity index (χ2v) is 6.87. The fourth-order valence-electron chi connectivity index (χ4n) is 2.95. The van der Waals surface area contributed by atoms with Gasteiger partial charge in [0.05, 0.1) is 24.8 Å². The van der Waals surface area contributed by atoms with E-state index in [0.29, 0.717) is 41.1 Å². The van der Waals surface area contributed by atoms with Gasteiger partial charge in [-0.3, -0.25) is 10.1 Å². The van der Waals surface area contributed by atoms with Crippen molar-refractivity contribution in [1.82, 2.24) is 4.57 Å². The summed E-state index contributed by atoms with van der Waals surface area (Å²) in [6.07, 6.45) is 1.32. The molecule has 1 amide bonds. The number of rotatable bonds is 8. The normalized spacial score (nSPS) is 11.0. The van der Waals surface area contributed by atoms with E-state index >= 15 is 0 Å². The number of amides is 1. The molecule has 0 aliphatic carbocycles. The summed E-state index contributed by atoms with van der Waals surface area (Å²) >= 11 is 0. The van der Waals surface area contributed by atoms with E-state index in [1.54, 1.807) is 22.8 Å². The van der Waals surface area contributed by atoms with Gasteiger partial charge in [0.1, 0.15) is 5.75 Å². The van der Waals surface area contributed by atoms with Crippen molar-refractivity contribution in [3.63, 3.8) is 0 Å². The molecule has 0 bridgehead atoms. The highest BCUT2D eigenvalue weighted by molar-refractivity contribution is 5.94. The van der Waals surface area contributed by atoms with Gasteiger partial charge in [0.2, 0.25) is 0 Å². The Labute approximate surface area is 159 Å². The minimum atomic E-state index is -0.574. The first-order chi connectivity index (χ1) is 12.9. The highest BCUT2D eigenvalue weighted by Gasteiger charge is 2.18. The predicted octanol–water partition coefficient (Wildman–Crippen LogP) is 3.47. The molecule has 2 rings (SSSR count). The molecule has 1 heterocycles. The predicted molar refractivity (Wildman–Crippen MR) is 107 cm³/mol. The van der Waals surface area contributed by atoms with Crippen molar-refractivity contribution >= 4 is 22.6 Å². The van der Waals surface area contributed by atoms with E-state index in [4.69, 9.17) is 10.5 Å². The first-order valence-electron chi connectivity index (χ1n) is 9.30. The van der Waals surface area contributed by atoms with Crippen molar-refractivity contribution in [2.24, 2.45) is 11.7 Å². The molecule has 1 aromatic carbocycles. The van der Waals surface area contributed by atoms with E-state index in [2.05, 4.69) is 30.8 Å². The molecule has 148 valence electrons. The number of carbonyl (C=O) groups is 1. The Kier molecular flexibility index (Phi) is 7.24. The Balaban J connectivity index is 2.69. The van der Waals surface area contributed by atoms with Crippen LogP contribution in [0.15, 0.2) is 23.0 Å². The van der Waals surface area contributed by atoms with Crippen molar-refractivity contribution in [2.75, 3.05) is 19.0 Å². The van der Waals surface area contributed by atoms with Crippen molar-refractivity contribution < 1.29 is 14.3 Å². The van der Waals surface area contributed by atoms with Crippen LogP contribution in [-0.2, 0) is 17.8 Å². The molecule has 0 atom stereocenters. The number of aromatic nitrogens is 1. The van der Waals surface area contributed by atoms with E-state index in [1.165, 1.54) is 7.11 Å². The zero-order valence-corrected chi connectivity index (χ0v) is 16.5. The number of nitrogens with zero attached hydrogens (tertiary/aromatic N) is 1. The number of fused-ring (bicyclic) bond motifs is 1. The zero-order chi connectivity index (χ0) is 20.0. The summed E-state index contributed by atoms with van der Waals surface area (Å²) in [4.78, 5) is 24.6. The van der Waals surface area contributed by atoms with Crippen LogP contribution in [0.2, 0.25) is 0 Å². The number of anilines is 1. The second-order valence-electron chi connectivity index (χ2n) is 6.87. The summed E-state index contributed by atoms with van der Waals surface area (Å²) in [5, 5.41) is 3.81. The highest BCUT2D eigenvalue weighted by Crippen LogP contribution is 2.30. The van der Waals surface area contributed by atoms with Crippen LogP contribution in [0.25, 0.3) is 10.8 Å². The van der Waals surface area contributed by atoms with Crippen LogP contribution in [0, 0.1) is 5.92 Å². The Morgan fingerprint density at radius 1 is 1.30 bits per heavy atom. The molecular formula is C20H29N3O4. The third kappa shape index (κ3) is 4.80. The Hall–Kier alpha value is -2.54. The summed E-state index contributed by atoms with van der Waals surface area (Å²) in [5.74, 6) is 0.893. The van der Waals surface area contributed by atoms with Crippen molar-refractivity contribution in [3.05, 3.63) is 34.2 Å². The Morgan fingerprint density at radius 2 is 2.04 bits per heavy atom. The minimum absolute atomic E-state index is 0.105. The molecule has 0 fully saturated rings. The van der Waals surface area contributed by atoms with Gasteiger partial charge in [-0.15, -0.1) is 0 Å². The molecule has 0 aliphatic rings. The van der Waals surface area contributed by atoms with Crippen LogP contribution in [0.5, 0.6) is 5.75 Å². The SMILES string of the molecule is CCCCOc1c(CN)n(CC(C)C)c(=O)c2ccc(NC(=O)OC)cc12. The Bertz CT molecular complexity index is 858. The van der Waals surface area contributed by atoms with Gasteiger partial charge in [-0.2, -0.15) is 0 Å². The smallest absolute Gasteiger partial charge is 0.411 e. The first-order valence-corrected chi connectivity index (χ1v) is 9.30. The van der Waals surface area contributed by atoms with Gasteiger partial charge in [0.25, 0.3) is 5.56 Å². The second kappa shape index (κ2) is 9.41. The lowest BCUT2D eigenvalue weighted by Crippen LogP contribution is -2.28. The quantitative estimate of drug-likeness (QED) is 0.689. The zero-order valence-electron chi connectivity index (χ0n) is 16.5. The van der Waals surface area contributed by atoms with Crippen LogP contribution in [0.3, 0.4) is 0 Å². The number of hydrogen-bond acceptors (Lipinski definition) is 5. The monoisotopic (exact) mass is 375 g/mol. The number of pyridine rings is 1. The molecule has 1 aromatic heterocycles. The lowest BCUT2D eigenvalue weighted by atomic mass is 10.1. The van der Waals surface area contributed by atoms with Crippen LogP contribution >= 0.6 is 0 Å². The van der Waals surface area contributed by atoms with Crippen LogP contribution in [0.4, 0.5) is 10.5 Å². The summed E-state index contributed by atoms with van der Waals surface area (Å²) in [6.45, 7) is 7.48. The van der Waals surface area contributed by atoms with Gasteiger partial charge in [0.15, 0.2) is 0 Å². The van der Waals surface area contributed by atoms with E-state index in [1.807, 2.05) is 0 Å². The number of carbonyl (C=O) groups excluding carboxylic acids is 1. The standard InChI is InChI=1S/C20H29N3O4/c1-5-6-9-27-18-16-10-14(22-20(25)26-4)7-8-15(16)19(24)23(12-13(2)3)17(18)11-21/h7-8,10,13H,5-6,9,11-12,21H2,1-4H3,(H,22,25). The molecule has 7 nitrogen and oxygen atoms in total. The minimum Gasteiger partial charge on any atom is -0.491 e. The molecule has 0 saturated carbocycles. The average Bonchev–Trinajstić information content (AvgIpc) is 2.64. The number of ether oxygens (including phenoxy) is 2. The topological polar surface area (TPSA) is 95.6 Å². The van der Waals surface area contributed by atoms with Crippen LogP contribution in [-0.4, -0.2) is 24.4 Å². The molecule has 27 heavy (non-hydrogen) atoms. The van der Waals surface area contributed by atoms with Gasteiger partial charge in [0, 0.05) is 24.2 Å². The maximum Gasteiger partial charge on any atom is 0.411 e. The highest BCUT2D eigenvalue weighted by atomic mass is 16.5. The lowest BCUT2D eigenvalue weighted by molar-refractivity contribution is 0.187. The molecule has 0 saturated heterocycles. The maximum atomic E-state index is 13.1. The van der Waals surface area contributed by atoms with Crippen molar-refractivity contribution in [1.29, 1.82) is 0 Å². The van der Waals surface area contributed by atoms with E-state index < -0.39 is 6.09 Å². The van der Waals surface area contributed by atoms with Crippen LogP contribution < -0.4 is 21.3 Å². The van der Waals surface area contributed by atoms with E-state index in [0.717, 1.165) is 12.8 Å². The van der Waals surface area contributed by atoms with Crippen molar-refractivity contribution in [2.45, 2.75) is 46.7 Å². The van der Waals surface area contributed by atoms with Crippen LogP contribution in [0.1, 0.15) is 39.3 Å². The van der Waals surface area contributed by atoms with Gasteiger partial charge >= 0.3 is 6.09 Å². The fourth-order valence-corrected chi connectivity index (χ4v) is 2.95. The number of benzene rings is 1. The summed E-state index contributed by atoms with van der Waals surface area (Å²) in [6, 6.07) is 5.11. The average molecular weight is 375 g/mol. The summed E-state index contributed by atoms with van der Waals surface area (Å²) in [5.41, 5.74) is 7.10. The molecule has 2 aromatic rings. The summed E-state index contributed by atoms with van der Waals surface area (Å²) in [7, 11) is 1.30. The van der Waals surface area contributed by atoms with Gasteiger partial charge in [-0.25, -0.2) is 4.79 Å². The molecule has 7 heteroatoms. The van der Waals surface area contributed by atoms with Crippen molar-refractivity contribution in [3.8, 4) is 5.75 Å². The first kappa shape index (κ1) is 20.8. The lowest BCUT2D eigenvalue weighted by Gasteiger charge is -2.21. The third-order valence-corrected chi connectivity index (χ3v) is 4.24. The number of methoxy groups -OCH3 is 1. The fraction of sp³-hybridized carbons (Fsp3) is 0.500. The van der Waals surface area contributed by atoms with E-state index in [9.17, 15) is 9.59 Å². The number of hydrogen-bond donors (Lipinski definition) is 2. The molecule has 0 unspecified atom stereocenters. The largest absolute Gasteiger partial charge is 0.491 e. The van der Waals surface area contributed by atoms with E-state index in [-0.39, 0.29) is 18.0 Å². The molecule has 0 spiro atoms. The number of nitrogens with two attached hydrogens (primary N) is 1.